The van der Waals surface area contributed by atoms with Gasteiger partial charge in [-0.25, -0.2) is 4.79 Å². The van der Waals surface area contributed by atoms with Crippen molar-refractivity contribution in [2.75, 3.05) is 45.9 Å². The van der Waals surface area contributed by atoms with E-state index in [0.29, 0.717) is 58.6 Å². The largest absolute Gasteiger partial charge is 0.481 e. The van der Waals surface area contributed by atoms with Gasteiger partial charge >= 0.3 is 6.09 Å². The second-order valence-electron chi connectivity index (χ2n) is 6.07. The lowest BCUT2D eigenvalue weighted by Gasteiger charge is -2.35. The van der Waals surface area contributed by atoms with Crippen LogP contribution in [0.5, 0.6) is 0 Å². The van der Waals surface area contributed by atoms with Gasteiger partial charge in [0.25, 0.3) is 0 Å². The molecule has 0 spiro atoms. The normalized spacial score (nSPS) is 13.7. The maximum Gasteiger partial charge on any atom is 0.407 e. The van der Waals surface area contributed by atoms with E-state index >= 15 is 0 Å². The van der Waals surface area contributed by atoms with Crippen LogP contribution in [0.15, 0.2) is 12.7 Å². The van der Waals surface area contributed by atoms with Crippen LogP contribution in [0.3, 0.4) is 0 Å². The van der Waals surface area contributed by atoms with Crippen molar-refractivity contribution in [3.8, 4) is 0 Å². The first-order chi connectivity index (χ1) is 13.0. The second-order valence-corrected chi connectivity index (χ2v) is 6.07. The summed E-state index contributed by atoms with van der Waals surface area (Å²) in [5.41, 5.74) is 0. The van der Waals surface area contributed by atoms with Crippen LogP contribution >= 0.6 is 0 Å². The quantitative estimate of drug-likeness (QED) is 0.255. The predicted octanol–water partition coefficient (Wildman–Crippen LogP) is 1.14. The lowest BCUT2D eigenvalue weighted by molar-refractivity contribution is -0.139. The highest BCUT2D eigenvalue weighted by Crippen LogP contribution is 2.08. The number of amides is 3. The van der Waals surface area contributed by atoms with Crippen molar-refractivity contribution >= 4 is 23.8 Å². The minimum Gasteiger partial charge on any atom is -0.481 e. The number of hydrogen-bond acceptors (Lipinski definition) is 6. The predicted molar refractivity (Wildman–Crippen MR) is 101 cm³/mol. The van der Waals surface area contributed by atoms with Crippen LogP contribution in [0.25, 0.3) is 0 Å². The Bertz CT molecular complexity index is 530. The van der Waals surface area contributed by atoms with Gasteiger partial charge < -0.3 is 24.6 Å². The Hall–Kier alpha value is -2.58. The molecule has 0 aliphatic carbocycles. The summed E-state index contributed by atoms with van der Waals surface area (Å²) in [5.74, 6) is -0.114. The molecule has 0 saturated carbocycles. The molecule has 2 N–H and O–H groups in total. The van der Waals surface area contributed by atoms with E-state index in [-0.39, 0.29) is 30.7 Å². The van der Waals surface area contributed by atoms with E-state index in [1.165, 1.54) is 6.08 Å². The molecule has 1 heterocycles. The molecule has 27 heavy (non-hydrogen) atoms. The third-order valence-corrected chi connectivity index (χ3v) is 4.03. The van der Waals surface area contributed by atoms with Crippen LogP contribution in [0.2, 0.25) is 0 Å². The smallest absolute Gasteiger partial charge is 0.407 e. The minimum absolute atomic E-state index is 0.0250. The van der Waals surface area contributed by atoms with E-state index in [9.17, 15) is 14.4 Å². The van der Waals surface area contributed by atoms with E-state index in [1.807, 2.05) is 0 Å². The molecule has 1 aliphatic rings. The number of carbonyl (C=O) groups is 3. The number of alkyl carbamates (subject to hydrolysis) is 1. The molecule has 152 valence electrons. The summed E-state index contributed by atoms with van der Waals surface area (Å²) in [6.07, 6.45) is 2.74. The molecular weight excluding hydrogens is 352 g/mol. The van der Waals surface area contributed by atoms with E-state index < -0.39 is 6.09 Å². The van der Waals surface area contributed by atoms with Crippen molar-refractivity contribution in [1.29, 1.82) is 5.41 Å². The molecule has 0 aromatic rings. The van der Waals surface area contributed by atoms with Gasteiger partial charge in [-0.2, -0.15) is 0 Å². The van der Waals surface area contributed by atoms with Crippen LogP contribution in [0.1, 0.15) is 32.6 Å². The number of hydrogen-bond donors (Lipinski definition) is 2. The van der Waals surface area contributed by atoms with Crippen LogP contribution in [0, 0.1) is 5.41 Å². The molecule has 9 nitrogen and oxygen atoms in total. The highest BCUT2D eigenvalue weighted by Gasteiger charge is 2.24. The summed E-state index contributed by atoms with van der Waals surface area (Å²) in [6, 6.07) is 0. The Morgan fingerprint density at radius 2 is 1.70 bits per heavy atom. The summed E-state index contributed by atoms with van der Waals surface area (Å²) in [7, 11) is 0. The topological polar surface area (TPSA) is 112 Å². The highest BCUT2D eigenvalue weighted by molar-refractivity contribution is 5.95. The van der Waals surface area contributed by atoms with Gasteiger partial charge in [0.05, 0.1) is 6.61 Å². The number of nitrogens with zero attached hydrogens (tertiary/aromatic N) is 2. The van der Waals surface area contributed by atoms with E-state index in [0.717, 1.165) is 0 Å². The van der Waals surface area contributed by atoms with Crippen LogP contribution in [0.4, 0.5) is 4.79 Å². The summed E-state index contributed by atoms with van der Waals surface area (Å²) < 4.78 is 9.78. The third-order valence-electron chi connectivity index (χ3n) is 4.03. The number of piperazine rings is 1. The van der Waals surface area contributed by atoms with Crippen molar-refractivity contribution < 1.29 is 23.9 Å². The summed E-state index contributed by atoms with van der Waals surface area (Å²) in [6.45, 7) is 8.17. The number of carbonyl (C=O) groups excluding carboxylic acids is 3. The number of nitrogens with one attached hydrogen (secondary N) is 2. The summed E-state index contributed by atoms with van der Waals surface area (Å²) in [5, 5.41) is 10.2. The average molecular weight is 382 g/mol. The van der Waals surface area contributed by atoms with Crippen LogP contribution < -0.4 is 5.32 Å². The Balaban J connectivity index is 2.16. The van der Waals surface area contributed by atoms with E-state index in [2.05, 4.69) is 11.9 Å². The molecule has 0 atom stereocenters. The molecule has 0 aromatic heterocycles. The van der Waals surface area contributed by atoms with Gasteiger partial charge in [0.15, 0.2) is 5.90 Å². The van der Waals surface area contributed by atoms with Gasteiger partial charge in [0.1, 0.15) is 13.0 Å². The monoisotopic (exact) mass is 382 g/mol. The Kier molecular flexibility index (Phi) is 10.6. The highest BCUT2D eigenvalue weighted by atomic mass is 16.5. The zero-order valence-electron chi connectivity index (χ0n) is 16.0. The first-order valence-electron chi connectivity index (χ1n) is 9.25. The molecule has 1 aliphatic heterocycles. The molecule has 1 saturated heterocycles. The van der Waals surface area contributed by atoms with Crippen molar-refractivity contribution in [1.82, 2.24) is 15.1 Å². The van der Waals surface area contributed by atoms with Gasteiger partial charge in [-0.15, -0.1) is 0 Å². The second kappa shape index (κ2) is 12.7. The van der Waals surface area contributed by atoms with Crippen molar-refractivity contribution in [2.24, 2.45) is 0 Å². The van der Waals surface area contributed by atoms with Gasteiger partial charge in [-0.1, -0.05) is 12.7 Å². The third kappa shape index (κ3) is 9.07. The fourth-order valence-corrected chi connectivity index (χ4v) is 2.62. The van der Waals surface area contributed by atoms with Gasteiger partial charge in [-0.3, -0.25) is 15.0 Å². The van der Waals surface area contributed by atoms with Crippen molar-refractivity contribution in [2.45, 2.75) is 32.6 Å². The standard InChI is InChI=1S/C18H30N4O5/c1-3-13-27-18(25)20-8-6-5-7-16(23)21-9-11-22(12-10-21)17(24)14-15(19)26-4-2/h3,19H,1,4-14H2,2H3,(H,20,25). The van der Waals surface area contributed by atoms with Crippen LogP contribution in [-0.4, -0.2) is 79.5 Å². The molecule has 3 amide bonds. The van der Waals surface area contributed by atoms with Gasteiger partial charge in [0.2, 0.25) is 11.8 Å². The van der Waals surface area contributed by atoms with Crippen LogP contribution in [-0.2, 0) is 19.1 Å². The molecule has 1 fully saturated rings. The lowest BCUT2D eigenvalue weighted by Crippen LogP contribution is -2.50. The maximum atomic E-state index is 12.2. The summed E-state index contributed by atoms with van der Waals surface area (Å²) in [4.78, 5) is 38.9. The molecule has 0 aromatic carbocycles. The van der Waals surface area contributed by atoms with Crippen molar-refractivity contribution in [3.05, 3.63) is 12.7 Å². The first-order valence-corrected chi connectivity index (χ1v) is 9.25. The lowest BCUT2D eigenvalue weighted by atomic mass is 10.2. The fourth-order valence-electron chi connectivity index (χ4n) is 2.62. The molecule has 9 heteroatoms. The Morgan fingerprint density at radius 3 is 2.30 bits per heavy atom. The Labute approximate surface area is 160 Å². The average Bonchev–Trinajstić information content (AvgIpc) is 2.66. The fraction of sp³-hybridized carbons (Fsp3) is 0.667. The molecule has 0 radical (unpaired) electrons. The first kappa shape index (κ1) is 22.5. The molecular formula is C18H30N4O5. The van der Waals surface area contributed by atoms with E-state index in [1.54, 1.807) is 16.7 Å². The number of rotatable bonds is 10. The zero-order valence-corrected chi connectivity index (χ0v) is 16.0. The van der Waals surface area contributed by atoms with E-state index in [4.69, 9.17) is 14.9 Å². The maximum absolute atomic E-state index is 12.2. The minimum atomic E-state index is -0.487. The van der Waals surface area contributed by atoms with Gasteiger partial charge in [-0.05, 0) is 19.8 Å². The number of ether oxygens (including phenoxy) is 2. The van der Waals surface area contributed by atoms with Crippen molar-refractivity contribution in [3.63, 3.8) is 0 Å². The van der Waals surface area contributed by atoms with Gasteiger partial charge in [0, 0.05) is 39.1 Å². The molecule has 1 rings (SSSR count). The summed E-state index contributed by atoms with van der Waals surface area (Å²) >= 11 is 0. The molecule has 0 bridgehead atoms. The zero-order chi connectivity index (χ0) is 20.1. The molecule has 0 unspecified atom stereocenters. The number of unbranched alkanes of at least 4 members (excludes halogenated alkanes) is 1. The Morgan fingerprint density at radius 1 is 1.07 bits per heavy atom. The SMILES string of the molecule is C=CCOC(=O)NCCCCC(=O)N1CCN(C(=O)CC(=N)OCC)CC1.